The van der Waals surface area contributed by atoms with Crippen LogP contribution in [-0.4, -0.2) is 28.6 Å². The molecule has 0 bridgehead atoms. The molecule has 5 nitrogen and oxygen atoms in total. The molecule has 1 amide bonds. The molecule has 2 atom stereocenters. The van der Waals surface area contributed by atoms with Crippen LogP contribution in [0.3, 0.4) is 0 Å². The number of aromatic nitrogens is 1. The van der Waals surface area contributed by atoms with Gasteiger partial charge in [-0.05, 0) is 25.3 Å². The molecule has 6 heteroatoms. The number of carbonyl (C=O) groups is 1. The summed E-state index contributed by atoms with van der Waals surface area (Å²) in [5.41, 5.74) is 1.28. The summed E-state index contributed by atoms with van der Waals surface area (Å²) in [5, 5.41) is 14.6. The Hall–Kier alpha value is -1.66. The van der Waals surface area contributed by atoms with E-state index < -0.39 is 0 Å². The second-order valence-corrected chi connectivity index (χ2v) is 5.81. The molecule has 0 saturated carbocycles. The molecule has 0 radical (unpaired) electrons. The average Bonchev–Trinajstić information content (AvgIpc) is 3.04. The maximum Gasteiger partial charge on any atom is 0.270 e. The zero-order valence-corrected chi connectivity index (χ0v) is 12.3. The number of nitrogens with zero attached hydrogens (tertiary/aromatic N) is 1. The Morgan fingerprint density at radius 3 is 3.00 bits per heavy atom. The number of thiazole rings is 1. The van der Waals surface area contributed by atoms with Gasteiger partial charge in [-0.2, -0.15) is 0 Å². The highest BCUT2D eigenvalue weighted by atomic mass is 32.1. The van der Waals surface area contributed by atoms with Gasteiger partial charge in [-0.25, -0.2) is 4.98 Å². The summed E-state index contributed by atoms with van der Waals surface area (Å²) >= 11 is 1.41. The molecule has 108 valence electrons. The summed E-state index contributed by atoms with van der Waals surface area (Å²) in [6.07, 6.45) is 3.49. The standard InChI is InChI=1S/C14H18N2O3S/c1-9(5-10(2)17)6-15-13(18)12-8-20-14(16-12)11-3-4-19-7-11/h3-4,7-10,17H,5-6H2,1-2H3,(H,15,18). The summed E-state index contributed by atoms with van der Waals surface area (Å²) in [4.78, 5) is 16.3. The third kappa shape index (κ3) is 3.91. The maximum atomic E-state index is 12.0. The quantitative estimate of drug-likeness (QED) is 0.858. The Morgan fingerprint density at radius 2 is 2.35 bits per heavy atom. The van der Waals surface area contributed by atoms with E-state index in [1.54, 1.807) is 24.8 Å². The van der Waals surface area contributed by atoms with E-state index in [1.165, 1.54) is 11.3 Å². The van der Waals surface area contributed by atoms with Gasteiger partial charge in [0.25, 0.3) is 5.91 Å². The van der Waals surface area contributed by atoms with Crippen molar-refractivity contribution in [2.75, 3.05) is 6.54 Å². The molecule has 2 rings (SSSR count). The van der Waals surface area contributed by atoms with Crippen LogP contribution in [0.4, 0.5) is 0 Å². The number of carbonyl (C=O) groups excluding carboxylic acids is 1. The monoisotopic (exact) mass is 294 g/mol. The summed E-state index contributed by atoms with van der Waals surface area (Å²) < 4.78 is 5.00. The number of aliphatic hydroxyl groups is 1. The molecule has 0 aliphatic rings. The van der Waals surface area contributed by atoms with Crippen LogP contribution in [0.25, 0.3) is 10.6 Å². The predicted molar refractivity (Wildman–Crippen MR) is 77.6 cm³/mol. The van der Waals surface area contributed by atoms with E-state index in [-0.39, 0.29) is 17.9 Å². The minimum Gasteiger partial charge on any atom is -0.472 e. The smallest absolute Gasteiger partial charge is 0.270 e. The lowest BCUT2D eigenvalue weighted by Gasteiger charge is -2.13. The van der Waals surface area contributed by atoms with E-state index in [2.05, 4.69) is 10.3 Å². The van der Waals surface area contributed by atoms with E-state index in [1.807, 2.05) is 13.0 Å². The predicted octanol–water partition coefficient (Wildman–Crippen LogP) is 2.54. The lowest BCUT2D eigenvalue weighted by molar-refractivity contribution is 0.0935. The molecular weight excluding hydrogens is 276 g/mol. The van der Waals surface area contributed by atoms with E-state index >= 15 is 0 Å². The molecular formula is C14H18N2O3S. The van der Waals surface area contributed by atoms with E-state index in [4.69, 9.17) is 4.42 Å². The highest BCUT2D eigenvalue weighted by Gasteiger charge is 2.14. The molecule has 2 unspecified atom stereocenters. The second-order valence-electron chi connectivity index (χ2n) is 4.95. The Morgan fingerprint density at radius 1 is 1.55 bits per heavy atom. The number of hydrogen-bond acceptors (Lipinski definition) is 5. The van der Waals surface area contributed by atoms with Gasteiger partial charge in [0.15, 0.2) is 0 Å². The van der Waals surface area contributed by atoms with Crippen LogP contribution < -0.4 is 5.32 Å². The van der Waals surface area contributed by atoms with Gasteiger partial charge in [-0.1, -0.05) is 6.92 Å². The zero-order valence-electron chi connectivity index (χ0n) is 11.5. The van der Waals surface area contributed by atoms with Crippen LogP contribution in [0.2, 0.25) is 0 Å². The summed E-state index contributed by atoms with van der Waals surface area (Å²) in [6.45, 7) is 4.27. The molecule has 0 aliphatic heterocycles. The van der Waals surface area contributed by atoms with Crippen molar-refractivity contribution >= 4 is 17.2 Å². The number of nitrogens with one attached hydrogen (secondary N) is 1. The number of aliphatic hydroxyl groups excluding tert-OH is 1. The maximum absolute atomic E-state index is 12.0. The Balaban J connectivity index is 1.90. The zero-order chi connectivity index (χ0) is 14.5. The van der Waals surface area contributed by atoms with Gasteiger partial charge >= 0.3 is 0 Å². The minimum atomic E-state index is -0.353. The summed E-state index contributed by atoms with van der Waals surface area (Å²) in [6, 6.07) is 1.81. The van der Waals surface area contributed by atoms with Crippen molar-refractivity contribution in [3.05, 3.63) is 29.7 Å². The normalized spacial score (nSPS) is 13.9. The van der Waals surface area contributed by atoms with Crippen molar-refractivity contribution in [1.29, 1.82) is 0 Å². The van der Waals surface area contributed by atoms with Gasteiger partial charge in [0, 0.05) is 17.5 Å². The van der Waals surface area contributed by atoms with Gasteiger partial charge in [0.2, 0.25) is 0 Å². The van der Waals surface area contributed by atoms with Crippen molar-refractivity contribution in [3.63, 3.8) is 0 Å². The van der Waals surface area contributed by atoms with Crippen LogP contribution >= 0.6 is 11.3 Å². The molecule has 2 aromatic rings. The van der Waals surface area contributed by atoms with Crippen LogP contribution in [0.5, 0.6) is 0 Å². The molecule has 0 fully saturated rings. The van der Waals surface area contributed by atoms with Crippen molar-refractivity contribution in [3.8, 4) is 10.6 Å². The van der Waals surface area contributed by atoms with Crippen molar-refractivity contribution in [1.82, 2.24) is 10.3 Å². The van der Waals surface area contributed by atoms with Gasteiger partial charge in [-0.3, -0.25) is 4.79 Å². The molecule has 0 saturated heterocycles. The minimum absolute atomic E-state index is 0.187. The van der Waals surface area contributed by atoms with E-state index in [9.17, 15) is 9.90 Å². The first-order valence-electron chi connectivity index (χ1n) is 6.50. The lowest BCUT2D eigenvalue weighted by atomic mass is 10.0. The van der Waals surface area contributed by atoms with Gasteiger partial charge < -0.3 is 14.8 Å². The van der Waals surface area contributed by atoms with Crippen LogP contribution in [-0.2, 0) is 0 Å². The van der Waals surface area contributed by atoms with Crippen LogP contribution in [0.15, 0.2) is 28.4 Å². The lowest BCUT2D eigenvalue weighted by Crippen LogP contribution is -2.29. The molecule has 0 aliphatic carbocycles. The van der Waals surface area contributed by atoms with Crippen molar-refractivity contribution in [2.24, 2.45) is 5.92 Å². The van der Waals surface area contributed by atoms with Crippen molar-refractivity contribution in [2.45, 2.75) is 26.4 Å². The van der Waals surface area contributed by atoms with Crippen molar-refractivity contribution < 1.29 is 14.3 Å². The number of amides is 1. The molecule has 20 heavy (non-hydrogen) atoms. The Bertz CT molecular complexity index is 549. The third-order valence-corrected chi connectivity index (χ3v) is 3.75. The number of hydrogen-bond donors (Lipinski definition) is 2. The SMILES string of the molecule is CC(O)CC(C)CNC(=O)c1csc(-c2ccoc2)n1. The highest BCUT2D eigenvalue weighted by molar-refractivity contribution is 7.13. The highest BCUT2D eigenvalue weighted by Crippen LogP contribution is 2.23. The van der Waals surface area contributed by atoms with E-state index in [0.29, 0.717) is 18.7 Å². The third-order valence-electron chi connectivity index (χ3n) is 2.86. The van der Waals surface area contributed by atoms with E-state index in [0.717, 1.165) is 10.6 Å². The first-order valence-corrected chi connectivity index (χ1v) is 7.38. The number of rotatable bonds is 6. The van der Waals surface area contributed by atoms with Gasteiger partial charge in [0.1, 0.15) is 17.0 Å². The topological polar surface area (TPSA) is 75.4 Å². The summed E-state index contributed by atoms with van der Waals surface area (Å²) in [5.74, 6) is 0.0411. The molecule has 2 N–H and O–H groups in total. The van der Waals surface area contributed by atoms with Crippen LogP contribution in [0, 0.1) is 5.92 Å². The average molecular weight is 294 g/mol. The second kappa shape index (κ2) is 6.67. The molecule has 2 heterocycles. The van der Waals surface area contributed by atoms with Gasteiger partial charge in [0.05, 0.1) is 12.4 Å². The fourth-order valence-corrected chi connectivity index (χ4v) is 2.71. The number of furan rings is 1. The molecule has 2 aromatic heterocycles. The first-order chi connectivity index (χ1) is 9.56. The van der Waals surface area contributed by atoms with Gasteiger partial charge in [-0.15, -0.1) is 11.3 Å². The fourth-order valence-electron chi connectivity index (χ4n) is 1.92. The molecule has 0 spiro atoms. The Labute approximate surface area is 121 Å². The summed E-state index contributed by atoms with van der Waals surface area (Å²) in [7, 11) is 0. The fraction of sp³-hybridized carbons (Fsp3) is 0.429. The van der Waals surface area contributed by atoms with Crippen LogP contribution in [0.1, 0.15) is 30.8 Å². The molecule has 0 aromatic carbocycles. The Kier molecular flexibility index (Phi) is 4.92. The first kappa shape index (κ1) is 14.7. The largest absolute Gasteiger partial charge is 0.472 e.